The average Bonchev–Trinajstić information content (AvgIpc) is 2.72. The zero-order valence-electron chi connectivity index (χ0n) is 12.7. The molecule has 0 radical (unpaired) electrons. The van der Waals surface area contributed by atoms with E-state index in [0.29, 0.717) is 17.7 Å². The third kappa shape index (κ3) is 4.18. The van der Waals surface area contributed by atoms with Gasteiger partial charge in [-0.1, -0.05) is 31.2 Å². The van der Waals surface area contributed by atoms with Gasteiger partial charge in [-0.3, -0.25) is 0 Å². The minimum absolute atomic E-state index is 0.415. The Kier molecular flexibility index (Phi) is 5.29. The average molecular weight is 392 g/mol. The molecule has 2 heterocycles. The van der Waals surface area contributed by atoms with Crippen molar-refractivity contribution >= 4 is 52.5 Å². The number of rotatable bonds is 6. The molecule has 21 heavy (non-hydrogen) atoms. The zero-order valence-corrected chi connectivity index (χ0v) is 16.0. The minimum atomic E-state index is -1.07. The van der Waals surface area contributed by atoms with Crippen LogP contribution in [-0.2, 0) is 11.5 Å². The number of hydrogen-bond acceptors (Lipinski definition) is 4. The van der Waals surface area contributed by atoms with Crippen LogP contribution >= 0.6 is 27.5 Å². The summed E-state index contributed by atoms with van der Waals surface area (Å²) in [4.78, 5) is 4.36. The van der Waals surface area contributed by atoms with Crippen LogP contribution in [0.5, 0.6) is 0 Å². The Bertz CT molecular complexity index is 641. The number of halogens is 2. The molecule has 116 valence electrons. The highest BCUT2D eigenvalue weighted by Gasteiger charge is 2.15. The molecular weight excluding hydrogens is 372 g/mol. The number of ether oxygens (including phenoxy) is 1. The van der Waals surface area contributed by atoms with E-state index in [1.165, 1.54) is 0 Å². The SMILES string of the molecule is CNc1nn(COCC[Si](C)(C)C)c2cc(Br)c(Cl)nc12. The van der Waals surface area contributed by atoms with Gasteiger partial charge >= 0.3 is 0 Å². The standard InChI is InChI=1S/C13H20BrClN4OSi/c1-16-13-11-10(7-9(14)12(15)17-11)19(18-13)8-20-5-6-21(2,3)4/h7H,5-6,8H2,1-4H3,(H,16,18). The molecule has 2 aromatic rings. The Morgan fingerprint density at radius 1 is 1.43 bits per heavy atom. The second-order valence-corrected chi connectivity index (χ2v) is 12.9. The van der Waals surface area contributed by atoms with E-state index in [2.05, 4.69) is 51.0 Å². The molecule has 0 saturated carbocycles. The second kappa shape index (κ2) is 6.64. The molecule has 0 aromatic carbocycles. The first-order valence-electron chi connectivity index (χ1n) is 6.80. The van der Waals surface area contributed by atoms with Gasteiger partial charge in [-0.15, -0.1) is 0 Å². The number of hydrogen-bond donors (Lipinski definition) is 1. The van der Waals surface area contributed by atoms with Crippen molar-refractivity contribution in [2.45, 2.75) is 32.4 Å². The quantitative estimate of drug-likeness (QED) is 0.455. The maximum absolute atomic E-state index is 6.05. The van der Waals surface area contributed by atoms with Crippen molar-refractivity contribution in [3.63, 3.8) is 0 Å². The van der Waals surface area contributed by atoms with Crippen LogP contribution in [0.4, 0.5) is 5.82 Å². The van der Waals surface area contributed by atoms with Gasteiger partial charge in [0, 0.05) is 21.7 Å². The van der Waals surface area contributed by atoms with Crippen LogP contribution < -0.4 is 5.32 Å². The van der Waals surface area contributed by atoms with E-state index in [0.717, 1.165) is 28.2 Å². The number of anilines is 1. The molecule has 0 aliphatic rings. The summed E-state index contributed by atoms with van der Waals surface area (Å²) in [6.45, 7) is 8.18. The smallest absolute Gasteiger partial charge is 0.174 e. The number of fused-ring (bicyclic) bond motifs is 1. The molecule has 0 amide bonds. The molecule has 0 saturated heterocycles. The van der Waals surface area contributed by atoms with Crippen molar-refractivity contribution in [2.24, 2.45) is 0 Å². The van der Waals surface area contributed by atoms with Crippen molar-refractivity contribution in [3.8, 4) is 0 Å². The molecule has 5 nitrogen and oxygen atoms in total. The number of aromatic nitrogens is 3. The lowest BCUT2D eigenvalue weighted by Crippen LogP contribution is -2.22. The normalized spacial score (nSPS) is 12.1. The van der Waals surface area contributed by atoms with E-state index < -0.39 is 8.07 Å². The Morgan fingerprint density at radius 2 is 2.14 bits per heavy atom. The summed E-state index contributed by atoms with van der Waals surface area (Å²) in [5, 5.41) is 7.94. The highest BCUT2D eigenvalue weighted by molar-refractivity contribution is 9.10. The Morgan fingerprint density at radius 3 is 2.76 bits per heavy atom. The Balaban J connectivity index is 2.18. The maximum Gasteiger partial charge on any atom is 0.174 e. The summed E-state index contributed by atoms with van der Waals surface area (Å²) in [6.07, 6.45) is 0. The van der Waals surface area contributed by atoms with Crippen LogP contribution in [-0.4, -0.2) is 36.5 Å². The largest absolute Gasteiger partial charge is 0.370 e. The molecule has 2 aromatic heterocycles. The van der Waals surface area contributed by atoms with Crippen LogP contribution in [0, 0.1) is 0 Å². The van der Waals surface area contributed by atoms with Crippen LogP contribution in [0.3, 0.4) is 0 Å². The van der Waals surface area contributed by atoms with E-state index in [-0.39, 0.29) is 0 Å². The molecule has 0 aliphatic heterocycles. The van der Waals surface area contributed by atoms with Gasteiger partial charge < -0.3 is 10.1 Å². The monoisotopic (exact) mass is 390 g/mol. The summed E-state index contributed by atoms with van der Waals surface area (Å²) >= 11 is 9.45. The van der Waals surface area contributed by atoms with E-state index >= 15 is 0 Å². The van der Waals surface area contributed by atoms with E-state index in [9.17, 15) is 0 Å². The molecule has 0 atom stereocenters. The summed E-state index contributed by atoms with van der Waals surface area (Å²) in [7, 11) is 0.744. The summed E-state index contributed by atoms with van der Waals surface area (Å²) in [5.74, 6) is 0.702. The fourth-order valence-corrected chi connectivity index (χ4v) is 3.05. The molecule has 0 bridgehead atoms. The first-order chi connectivity index (χ1) is 9.81. The van der Waals surface area contributed by atoms with Gasteiger partial charge in [-0.05, 0) is 28.0 Å². The highest BCUT2D eigenvalue weighted by atomic mass is 79.9. The molecular formula is C13H20BrClN4OSi. The molecule has 8 heteroatoms. The lowest BCUT2D eigenvalue weighted by molar-refractivity contribution is 0.0819. The van der Waals surface area contributed by atoms with Crippen LogP contribution in [0.2, 0.25) is 30.8 Å². The molecule has 1 N–H and O–H groups in total. The zero-order chi connectivity index (χ0) is 15.6. The van der Waals surface area contributed by atoms with E-state index in [1.807, 2.05) is 13.1 Å². The molecule has 0 spiro atoms. The van der Waals surface area contributed by atoms with E-state index in [1.54, 1.807) is 4.68 Å². The third-order valence-corrected chi connectivity index (χ3v) is 5.91. The van der Waals surface area contributed by atoms with Crippen molar-refractivity contribution in [3.05, 3.63) is 15.7 Å². The summed E-state index contributed by atoms with van der Waals surface area (Å²) in [6, 6.07) is 3.05. The number of nitrogens with one attached hydrogen (secondary N) is 1. The van der Waals surface area contributed by atoms with E-state index in [4.69, 9.17) is 16.3 Å². The van der Waals surface area contributed by atoms with Gasteiger partial charge in [0.2, 0.25) is 0 Å². The Labute approximate surface area is 139 Å². The predicted molar refractivity (Wildman–Crippen MR) is 93.9 cm³/mol. The van der Waals surface area contributed by atoms with Crippen LogP contribution in [0.25, 0.3) is 11.0 Å². The molecule has 0 fully saturated rings. The van der Waals surface area contributed by atoms with Crippen molar-refractivity contribution in [1.29, 1.82) is 0 Å². The third-order valence-electron chi connectivity index (χ3n) is 3.08. The lowest BCUT2D eigenvalue weighted by atomic mass is 10.4. The predicted octanol–water partition coefficient (Wildman–Crippen LogP) is 4.20. The van der Waals surface area contributed by atoms with Crippen LogP contribution in [0.15, 0.2) is 10.5 Å². The molecule has 0 aliphatic carbocycles. The topological polar surface area (TPSA) is 52.0 Å². The first kappa shape index (κ1) is 16.7. The van der Waals surface area contributed by atoms with Gasteiger partial charge in [0.25, 0.3) is 0 Å². The van der Waals surface area contributed by atoms with Gasteiger partial charge in [0.1, 0.15) is 17.4 Å². The fraction of sp³-hybridized carbons (Fsp3) is 0.538. The fourth-order valence-electron chi connectivity index (χ4n) is 1.85. The highest BCUT2D eigenvalue weighted by Crippen LogP contribution is 2.28. The second-order valence-electron chi connectivity index (χ2n) is 6.07. The van der Waals surface area contributed by atoms with Crippen molar-refractivity contribution in [2.75, 3.05) is 19.0 Å². The first-order valence-corrected chi connectivity index (χ1v) is 11.7. The number of nitrogens with zero attached hydrogens (tertiary/aromatic N) is 3. The van der Waals surface area contributed by atoms with Gasteiger partial charge in [-0.25, -0.2) is 9.67 Å². The van der Waals surface area contributed by atoms with Gasteiger partial charge in [-0.2, -0.15) is 5.10 Å². The Hall–Kier alpha value is -0.633. The number of pyridine rings is 1. The van der Waals surface area contributed by atoms with Gasteiger partial charge in [0.05, 0.1) is 9.99 Å². The summed E-state index contributed by atoms with van der Waals surface area (Å²) < 4.78 is 8.32. The summed E-state index contributed by atoms with van der Waals surface area (Å²) in [5.41, 5.74) is 1.64. The van der Waals surface area contributed by atoms with Crippen LogP contribution in [0.1, 0.15) is 0 Å². The van der Waals surface area contributed by atoms with Gasteiger partial charge in [0.15, 0.2) is 5.82 Å². The maximum atomic E-state index is 6.05. The minimum Gasteiger partial charge on any atom is -0.370 e. The van der Waals surface area contributed by atoms with Crippen molar-refractivity contribution < 1.29 is 4.74 Å². The molecule has 0 unspecified atom stereocenters. The molecule has 2 rings (SSSR count). The van der Waals surface area contributed by atoms with Crippen molar-refractivity contribution in [1.82, 2.24) is 14.8 Å². The lowest BCUT2D eigenvalue weighted by Gasteiger charge is -2.15.